The molecule has 5 heteroatoms. The van der Waals surface area contributed by atoms with Crippen LogP contribution in [-0.4, -0.2) is 85.4 Å². The highest BCUT2D eigenvalue weighted by Gasteiger charge is 2.21. The topological polar surface area (TPSA) is 39.2 Å². The lowest BCUT2D eigenvalue weighted by atomic mass is 10.2. The Hall–Kier alpha value is -1.14. The summed E-state index contributed by atoms with van der Waals surface area (Å²) in [5.41, 5.74) is 1.22. The first kappa shape index (κ1) is 16.7. The fraction of sp³-hybridized carbons (Fsp3) is 0.667. The number of aliphatic hydroxyl groups is 1. The lowest BCUT2D eigenvalue weighted by molar-refractivity contribution is 0.133. The lowest BCUT2D eigenvalue weighted by Gasteiger charge is -2.32. The molecule has 2 saturated heterocycles. The van der Waals surface area contributed by atoms with E-state index < -0.39 is 0 Å². The average Bonchev–Trinajstić information content (AvgIpc) is 2.96. The van der Waals surface area contributed by atoms with Crippen LogP contribution in [0.5, 0.6) is 5.75 Å². The summed E-state index contributed by atoms with van der Waals surface area (Å²) >= 11 is 0. The molecular weight excluding hydrogens is 290 g/mol. The van der Waals surface area contributed by atoms with Crippen molar-refractivity contribution in [1.82, 2.24) is 14.7 Å². The van der Waals surface area contributed by atoms with Crippen molar-refractivity contribution in [2.75, 3.05) is 59.5 Å². The second-order valence-electron chi connectivity index (χ2n) is 6.78. The fourth-order valence-electron chi connectivity index (χ4n) is 3.33. The van der Waals surface area contributed by atoms with E-state index in [1.54, 1.807) is 0 Å². The Kier molecular flexibility index (Phi) is 5.89. The van der Waals surface area contributed by atoms with Crippen LogP contribution in [0.1, 0.15) is 12.0 Å². The van der Waals surface area contributed by atoms with Crippen LogP contribution in [0.4, 0.5) is 0 Å². The van der Waals surface area contributed by atoms with E-state index in [0.717, 1.165) is 71.1 Å². The summed E-state index contributed by atoms with van der Waals surface area (Å²) in [6.45, 7) is 8.89. The Labute approximate surface area is 139 Å². The molecule has 2 aliphatic heterocycles. The van der Waals surface area contributed by atoms with Crippen LogP contribution in [0.25, 0.3) is 0 Å². The van der Waals surface area contributed by atoms with Gasteiger partial charge in [0.2, 0.25) is 0 Å². The van der Waals surface area contributed by atoms with Crippen LogP contribution in [0.2, 0.25) is 0 Å². The Morgan fingerprint density at radius 1 is 1.09 bits per heavy atom. The molecular formula is C18H29N3O2. The Morgan fingerprint density at radius 2 is 1.87 bits per heavy atom. The van der Waals surface area contributed by atoms with Gasteiger partial charge in [-0.15, -0.1) is 0 Å². The predicted molar refractivity (Wildman–Crippen MR) is 91.8 cm³/mol. The average molecular weight is 319 g/mol. The van der Waals surface area contributed by atoms with Crippen LogP contribution >= 0.6 is 0 Å². The van der Waals surface area contributed by atoms with E-state index in [1.165, 1.54) is 5.56 Å². The maximum Gasteiger partial charge on any atom is 0.123 e. The van der Waals surface area contributed by atoms with Gasteiger partial charge < -0.3 is 14.7 Å². The summed E-state index contributed by atoms with van der Waals surface area (Å²) in [7, 11) is 2.18. The number of likely N-dealkylation sites (tertiary alicyclic amines) is 1. The minimum Gasteiger partial charge on any atom is -0.492 e. The molecule has 0 saturated carbocycles. The van der Waals surface area contributed by atoms with Crippen molar-refractivity contribution in [3.63, 3.8) is 0 Å². The van der Waals surface area contributed by atoms with Crippen LogP contribution in [0.3, 0.4) is 0 Å². The molecule has 1 aromatic carbocycles. The van der Waals surface area contributed by atoms with Gasteiger partial charge in [0.1, 0.15) is 12.4 Å². The molecule has 0 amide bonds. The minimum atomic E-state index is -0.166. The predicted octanol–water partition coefficient (Wildman–Crippen LogP) is 0.879. The number of β-amino-alcohol motifs (C(OH)–C–C–N with tert-alkyl or cyclic N) is 1. The number of rotatable bonds is 6. The molecule has 0 bridgehead atoms. The summed E-state index contributed by atoms with van der Waals surface area (Å²) in [5, 5.41) is 9.67. The monoisotopic (exact) mass is 319 g/mol. The second-order valence-corrected chi connectivity index (χ2v) is 6.78. The number of benzene rings is 1. The van der Waals surface area contributed by atoms with Crippen molar-refractivity contribution in [1.29, 1.82) is 0 Å². The summed E-state index contributed by atoms with van der Waals surface area (Å²) in [5.74, 6) is 0.989. The van der Waals surface area contributed by atoms with E-state index in [4.69, 9.17) is 4.74 Å². The first-order valence-electron chi connectivity index (χ1n) is 8.73. The van der Waals surface area contributed by atoms with E-state index in [0.29, 0.717) is 0 Å². The highest BCUT2D eigenvalue weighted by Crippen LogP contribution is 2.22. The minimum absolute atomic E-state index is 0.166. The quantitative estimate of drug-likeness (QED) is 0.843. The van der Waals surface area contributed by atoms with Gasteiger partial charge in [0.25, 0.3) is 0 Å². The second kappa shape index (κ2) is 8.11. The smallest absolute Gasteiger partial charge is 0.123 e. The third-order valence-electron chi connectivity index (χ3n) is 4.88. The molecule has 2 fully saturated rings. The van der Waals surface area contributed by atoms with Gasteiger partial charge in [0.05, 0.1) is 6.10 Å². The van der Waals surface area contributed by atoms with E-state index in [-0.39, 0.29) is 6.10 Å². The van der Waals surface area contributed by atoms with Gasteiger partial charge in [-0.1, -0.05) is 18.2 Å². The molecule has 1 N–H and O–H groups in total. The zero-order valence-electron chi connectivity index (χ0n) is 14.2. The van der Waals surface area contributed by atoms with Crippen LogP contribution < -0.4 is 4.74 Å². The molecule has 23 heavy (non-hydrogen) atoms. The molecule has 0 spiro atoms. The number of para-hydroxylation sites is 1. The highest BCUT2D eigenvalue weighted by molar-refractivity contribution is 5.33. The molecule has 2 aliphatic rings. The van der Waals surface area contributed by atoms with Crippen molar-refractivity contribution < 1.29 is 9.84 Å². The standard InChI is InChI=1S/C18H29N3O2/c1-19-8-10-20(11-9-19)12-13-23-18-5-3-2-4-16(18)14-21-7-6-17(22)15-21/h2-5,17,22H,6-15H2,1H3. The van der Waals surface area contributed by atoms with Gasteiger partial charge in [0.15, 0.2) is 0 Å². The van der Waals surface area contributed by atoms with Gasteiger partial charge in [-0.05, 0) is 19.5 Å². The molecule has 1 unspecified atom stereocenters. The number of piperazine rings is 1. The first-order chi connectivity index (χ1) is 11.2. The van der Waals surface area contributed by atoms with Gasteiger partial charge in [-0.3, -0.25) is 9.80 Å². The lowest BCUT2D eigenvalue weighted by Crippen LogP contribution is -2.45. The molecule has 1 atom stereocenters. The molecule has 3 rings (SSSR count). The van der Waals surface area contributed by atoms with Crippen LogP contribution in [0.15, 0.2) is 24.3 Å². The van der Waals surface area contributed by atoms with Crippen LogP contribution in [0, 0.1) is 0 Å². The molecule has 5 nitrogen and oxygen atoms in total. The number of likely N-dealkylation sites (N-methyl/N-ethyl adjacent to an activating group) is 1. The van der Waals surface area contributed by atoms with E-state index in [9.17, 15) is 5.11 Å². The molecule has 0 aliphatic carbocycles. The van der Waals surface area contributed by atoms with Crippen LogP contribution in [-0.2, 0) is 6.54 Å². The molecule has 128 valence electrons. The number of hydrogen-bond donors (Lipinski definition) is 1. The normalized spacial score (nSPS) is 24.2. The Morgan fingerprint density at radius 3 is 2.61 bits per heavy atom. The number of nitrogens with zero attached hydrogens (tertiary/aromatic N) is 3. The molecule has 0 aromatic heterocycles. The van der Waals surface area contributed by atoms with Crippen molar-refractivity contribution in [3.8, 4) is 5.75 Å². The van der Waals surface area contributed by atoms with Gasteiger partial charge >= 0.3 is 0 Å². The number of ether oxygens (including phenoxy) is 1. The third-order valence-corrected chi connectivity index (χ3v) is 4.88. The third kappa shape index (κ3) is 4.91. The van der Waals surface area contributed by atoms with Crippen molar-refractivity contribution in [3.05, 3.63) is 29.8 Å². The fourth-order valence-corrected chi connectivity index (χ4v) is 3.33. The molecule has 1 aromatic rings. The number of hydrogen-bond acceptors (Lipinski definition) is 5. The summed E-state index contributed by atoms with van der Waals surface area (Å²) in [4.78, 5) is 7.14. The maximum absolute atomic E-state index is 9.67. The van der Waals surface area contributed by atoms with Crippen molar-refractivity contribution in [2.45, 2.75) is 19.1 Å². The summed E-state index contributed by atoms with van der Waals surface area (Å²) < 4.78 is 6.06. The van der Waals surface area contributed by atoms with E-state index in [1.807, 2.05) is 6.07 Å². The van der Waals surface area contributed by atoms with Gasteiger partial charge in [0, 0.05) is 57.9 Å². The van der Waals surface area contributed by atoms with E-state index in [2.05, 4.69) is 39.9 Å². The molecule has 2 heterocycles. The van der Waals surface area contributed by atoms with Crippen molar-refractivity contribution >= 4 is 0 Å². The summed E-state index contributed by atoms with van der Waals surface area (Å²) in [6, 6.07) is 8.30. The summed E-state index contributed by atoms with van der Waals surface area (Å²) in [6.07, 6.45) is 0.715. The zero-order chi connectivity index (χ0) is 16.1. The Balaban J connectivity index is 1.47. The van der Waals surface area contributed by atoms with Crippen molar-refractivity contribution in [2.24, 2.45) is 0 Å². The largest absolute Gasteiger partial charge is 0.492 e. The Bertz CT molecular complexity index is 489. The number of aliphatic hydroxyl groups excluding tert-OH is 1. The van der Waals surface area contributed by atoms with Gasteiger partial charge in [-0.2, -0.15) is 0 Å². The first-order valence-corrected chi connectivity index (χ1v) is 8.73. The highest BCUT2D eigenvalue weighted by atomic mass is 16.5. The SMILES string of the molecule is CN1CCN(CCOc2ccccc2CN2CCC(O)C2)CC1. The zero-order valence-corrected chi connectivity index (χ0v) is 14.2. The molecule has 0 radical (unpaired) electrons. The van der Waals surface area contributed by atoms with Gasteiger partial charge in [-0.25, -0.2) is 0 Å². The van der Waals surface area contributed by atoms with E-state index >= 15 is 0 Å². The maximum atomic E-state index is 9.67.